The highest BCUT2D eigenvalue weighted by atomic mass is 35.5. The zero-order valence-electron chi connectivity index (χ0n) is 13.6. The van der Waals surface area contributed by atoms with Gasteiger partial charge in [-0.3, -0.25) is 9.05 Å². The second-order valence-corrected chi connectivity index (χ2v) is 8.65. The van der Waals surface area contributed by atoms with Crippen molar-refractivity contribution in [1.29, 1.82) is 0 Å². The number of nitrogens with one attached hydrogen (secondary N) is 1. The number of pyridine rings is 1. The number of halogens is 1. The standard InChI is InChI=1S/C17H20ClN2O3P/c1-17(2)12-22-24(21,20-11-13-8-9-15(18)19-10-13)23-16(17)14-6-4-3-5-7-14/h3-10,16H,11-12H2,1-2H3,(H,20,21). The Balaban J connectivity index is 1.74. The fraction of sp³-hybridized carbons (Fsp3) is 0.353. The fourth-order valence-electron chi connectivity index (χ4n) is 2.56. The minimum atomic E-state index is -3.40. The third-order valence-electron chi connectivity index (χ3n) is 3.93. The van der Waals surface area contributed by atoms with Crippen LogP contribution >= 0.6 is 19.3 Å². The van der Waals surface area contributed by atoms with Gasteiger partial charge in [0.2, 0.25) is 0 Å². The fourth-order valence-corrected chi connectivity index (χ4v) is 4.46. The predicted molar refractivity (Wildman–Crippen MR) is 93.7 cm³/mol. The molecule has 24 heavy (non-hydrogen) atoms. The molecule has 0 spiro atoms. The minimum absolute atomic E-state index is 0.279. The highest BCUT2D eigenvalue weighted by molar-refractivity contribution is 7.51. The van der Waals surface area contributed by atoms with Gasteiger partial charge in [-0.2, -0.15) is 0 Å². The van der Waals surface area contributed by atoms with Crippen LogP contribution in [0.1, 0.15) is 31.1 Å². The third-order valence-corrected chi connectivity index (χ3v) is 5.65. The van der Waals surface area contributed by atoms with Crippen molar-refractivity contribution in [2.75, 3.05) is 6.61 Å². The number of rotatable bonds is 4. The van der Waals surface area contributed by atoms with E-state index in [1.54, 1.807) is 12.3 Å². The molecule has 1 saturated heterocycles. The Morgan fingerprint density at radius 3 is 2.71 bits per heavy atom. The quantitative estimate of drug-likeness (QED) is 0.625. The summed E-state index contributed by atoms with van der Waals surface area (Å²) in [5, 5.41) is 3.32. The summed E-state index contributed by atoms with van der Waals surface area (Å²) in [5.74, 6) is 0. The highest BCUT2D eigenvalue weighted by Crippen LogP contribution is 2.58. The lowest BCUT2D eigenvalue weighted by atomic mass is 9.83. The molecule has 3 rings (SSSR count). The molecular formula is C17H20ClN2O3P. The molecule has 1 fully saturated rings. The molecule has 2 atom stereocenters. The largest absolute Gasteiger partial charge is 0.406 e. The van der Waals surface area contributed by atoms with Crippen LogP contribution in [-0.2, 0) is 20.2 Å². The lowest BCUT2D eigenvalue weighted by Crippen LogP contribution is -2.36. The second kappa shape index (κ2) is 6.95. The average molecular weight is 367 g/mol. The Hall–Kier alpha value is -1.23. The number of hydrogen-bond acceptors (Lipinski definition) is 4. The zero-order valence-corrected chi connectivity index (χ0v) is 15.3. The maximum atomic E-state index is 12.9. The molecule has 1 aliphatic rings. The van der Waals surface area contributed by atoms with Gasteiger partial charge in [0.15, 0.2) is 0 Å². The van der Waals surface area contributed by atoms with Crippen molar-refractivity contribution in [3.8, 4) is 0 Å². The highest BCUT2D eigenvalue weighted by Gasteiger charge is 2.44. The van der Waals surface area contributed by atoms with Gasteiger partial charge in [0.05, 0.1) is 6.61 Å². The van der Waals surface area contributed by atoms with Crippen LogP contribution in [0.2, 0.25) is 5.15 Å². The molecule has 0 radical (unpaired) electrons. The Morgan fingerprint density at radius 2 is 2.04 bits per heavy atom. The Labute approximate surface area is 146 Å². The number of nitrogens with zero attached hydrogens (tertiary/aromatic N) is 1. The van der Waals surface area contributed by atoms with E-state index in [2.05, 4.69) is 10.1 Å². The summed E-state index contributed by atoms with van der Waals surface area (Å²) in [7, 11) is -3.40. The molecule has 0 amide bonds. The normalized spacial score (nSPS) is 26.2. The number of hydrogen-bond donors (Lipinski definition) is 1. The topological polar surface area (TPSA) is 60.5 Å². The number of aromatic nitrogens is 1. The molecule has 2 unspecified atom stereocenters. The summed E-state index contributed by atoms with van der Waals surface area (Å²) in [6.07, 6.45) is 1.32. The van der Waals surface area contributed by atoms with Crippen LogP contribution in [0, 0.1) is 5.41 Å². The van der Waals surface area contributed by atoms with Crippen molar-refractivity contribution in [1.82, 2.24) is 10.1 Å². The van der Waals surface area contributed by atoms with Crippen LogP contribution < -0.4 is 5.09 Å². The minimum Gasteiger partial charge on any atom is -0.296 e. The third kappa shape index (κ3) is 4.05. The van der Waals surface area contributed by atoms with Crippen LogP contribution in [0.3, 0.4) is 0 Å². The summed E-state index contributed by atoms with van der Waals surface area (Å²) in [6, 6.07) is 13.3. The molecule has 2 aromatic rings. The van der Waals surface area contributed by atoms with Gasteiger partial charge in [0.25, 0.3) is 0 Å². The van der Waals surface area contributed by atoms with Crippen molar-refractivity contribution < 1.29 is 13.6 Å². The molecule has 1 aliphatic heterocycles. The van der Waals surface area contributed by atoms with Crippen molar-refractivity contribution >= 4 is 19.3 Å². The molecule has 0 saturated carbocycles. The Bertz CT molecular complexity index is 737. The smallest absolute Gasteiger partial charge is 0.296 e. The van der Waals surface area contributed by atoms with Gasteiger partial charge < -0.3 is 0 Å². The van der Waals surface area contributed by atoms with E-state index in [1.165, 1.54) is 0 Å². The van der Waals surface area contributed by atoms with E-state index in [1.807, 2.05) is 50.2 Å². The van der Waals surface area contributed by atoms with Gasteiger partial charge in [0, 0.05) is 18.2 Å². The molecule has 0 aliphatic carbocycles. The molecular weight excluding hydrogens is 347 g/mol. The average Bonchev–Trinajstić information content (AvgIpc) is 2.58. The predicted octanol–water partition coefficient (Wildman–Crippen LogP) is 4.75. The molecule has 7 heteroatoms. The van der Waals surface area contributed by atoms with Crippen molar-refractivity contribution in [3.63, 3.8) is 0 Å². The summed E-state index contributed by atoms with van der Waals surface area (Å²) in [4.78, 5) is 4.01. The number of benzene rings is 1. The van der Waals surface area contributed by atoms with Gasteiger partial charge in [-0.25, -0.2) is 14.6 Å². The molecule has 1 aromatic carbocycles. The van der Waals surface area contributed by atoms with Gasteiger partial charge in [-0.05, 0) is 17.2 Å². The SMILES string of the molecule is CC1(C)COP(=O)(NCc2ccc(Cl)nc2)OC1c1ccccc1. The van der Waals surface area contributed by atoms with Crippen molar-refractivity contribution in [2.24, 2.45) is 5.41 Å². The Morgan fingerprint density at radius 1 is 1.29 bits per heavy atom. The maximum Gasteiger partial charge on any atom is 0.406 e. The van der Waals surface area contributed by atoms with Crippen LogP contribution in [0.5, 0.6) is 0 Å². The lowest BCUT2D eigenvalue weighted by Gasteiger charge is -2.41. The van der Waals surface area contributed by atoms with E-state index in [0.29, 0.717) is 18.3 Å². The molecule has 128 valence electrons. The van der Waals surface area contributed by atoms with E-state index >= 15 is 0 Å². The summed E-state index contributed by atoms with van der Waals surface area (Å²) in [6.45, 7) is 4.74. The van der Waals surface area contributed by atoms with Crippen molar-refractivity contribution in [3.05, 3.63) is 64.9 Å². The maximum absolute atomic E-state index is 12.9. The molecule has 1 aromatic heterocycles. The molecule has 5 nitrogen and oxygen atoms in total. The van der Waals surface area contributed by atoms with Crippen molar-refractivity contribution in [2.45, 2.75) is 26.5 Å². The van der Waals surface area contributed by atoms with E-state index in [9.17, 15) is 4.57 Å². The first-order valence-electron chi connectivity index (χ1n) is 7.71. The first-order valence-corrected chi connectivity index (χ1v) is 9.64. The Kier molecular flexibility index (Phi) is 5.09. The van der Waals surface area contributed by atoms with Gasteiger partial charge in [-0.1, -0.05) is 61.8 Å². The molecule has 0 bridgehead atoms. The van der Waals surface area contributed by atoms with Crippen LogP contribution in [0.25, 0.3) is 0 Å². The van der Waals surface area contributed by atoms with Crippen LogP contribution in [0.4, 0.5) is 0 Å². The summed E-state index contributed by atoms with van der Waals surface area (Å²) >= 11 is 5.77. The monoisotopic (exact) mass is 366 g/mol. The van der Waals surface area contributed by atoms with E-state index < -0.39 is 7.75 Å². The molecule has 1 N–H and O–H groups in total. The first-order chi connectivity index (χ1) is 11.4. The van der Waals surface area contributed by atoms with Gasteiger partial charge in [-0.15, -0.1) is 0 Å². The lowest BCUT2D eigenvalue weighted by molar-refractivity contribution is -0.0302. The second-order valence-electron chi connectivity index (χ2n) is 6.48. The van der Waals surface area contributed by atoms with E-state index in [0.717, 1.165) is 11.1 Å². The van der Waals surface area contributed by atoms with Gasteiger partial charge >= 0.3 is 7.75 Å². The summed E-state index contributed by atoms with van der Waals surface area (Å²) in [5.41, 5.74) is 1.56. The zero-order chi connectivity index (χ0) is 17.2. The van der Waals surface area contributed by atoms with Gasteiger partial charge in [0.1, 0.15) is 11.3 Å². The van der Waals surface area contributed by atoms with Crippen LogP contribution in [0.15, 0.2) is 48.7 Å². The van der Waals surface area contributed by atoms with E-state index in [4.69, 9.17) is 20.6 Å². The van der Waals surface area contributed by atoms with Crippen LogP contribution in [-0.4, -0.2) is 11.6 Å². The first kappa shape index (κ1) is 17.6. The van der Waals surface area contributed by atoms with E-state index in [-0.39, 0.29) is 11.5 Å². The summed E-state index contributed by atoms with van der Waals surface area (Å²) < 4.78 is 24.4. The molecule has 2 heterocycles.